The zero-order chi connectivity index (χ0) is 14.7. The maximum absolute atomic E-state index is 13.9. The Hall–Kier alpha value is -1.33. The summed E-state index contributed by atoms with van der Waals surface area (Å²) in [6, 6.07) is 7.72. The molecule has 0 bridgehead atoms. The van der Waals surface area contributed by atoms with E-state index < -0.39 is 11.6 Å². The molecule has 2 rings (SSSR count). The summed E-state index contributed by atoms with van der Waals surface area (Å²) in [5.74, 6) is -1.63. The Kier molecular flexibility index (Phi) is 4.83. The van der Waals surface area contributed by atoms with Gasteiger partial charge in [0.2, 0.25) is 0 Å². The summed E-state index contributed by atoms with van der Waals surface area (Å²) >= 11 is 3.19. The van der Waals surface area contributed by atoms with Gasteiger partial charge in [-0.15, -0.1) is 0 Å². The van der Waals surface area contributed by atoms with Crippen LogP contribution in [-0.2, 0) is 6.42 Å². The summed E-state index contributed by atoms with van der Waals surface area (Å²) in [5.41, 5.74) is 0.935. The van der Waals surface area contributed by atoms with E-state index in [-0.39, 0.29) is 11.9 Å². The minimum absolute atomic E-state index is 0.295. The Balaban J connectivity index is 2.28. The molecule has 0 aliphatic carbocycles. The summed E-state index contributed by atoms with van der Waals surface area (Å²) < 4.78 is 40.9. The van der Waals surface area contributed by atoms with Crippen LogP contribution < -0.4 is 5.32 Å². The first-order valence-electron chi connectivity index (χ1n) is 6.07. The van der Waals surface area contributed by atoms with Gasteiger partial charge in [-0.2, -0.15) is 0 Å². The number of hydrogen-bond donors (Lipinski definition) is 1. The first-order valence-corrected chi connectivity index (χ1v) is 6.86. The van der Waals surface area contributed by atoms with E-state index in [2.05, 4.69) is 21.2 Å². The third-order valence-corrected chi connectivity index (χ3v) is 3.54. The topological polar surface area (TPSA) is 12.0 Å². The van der Waals surface area contributed by atoms with Gasteiger partial charge in [0.25, 0.3) is 0 Å². The lowest BCUT2D eigenvalue weighted by atomic mass is 9.98. The number of nitrogens with one attached hydrogen (secondary N) is 1. The minimum Gasteiger partial charge on any atom is -0.313 e. The van der Waals surface area contributed by atoms with Gasteiger partial charge in [0.15, 0.2) is 0 Å². The highest BCUT2D eigenvalue weighted by Crippen LogP contribution is 2.24. The van der Waals surface area contributed by atoms with E-state index in [1.165, 1.54) is 18.2 Å². The molecule has 1 nitrogen and oxygen atoms in total. The van der Waals surface area contributed by atoms with Crippen molar-refractivity contribution >= 4 is 15.9 Å². The normalized spacial score (nSPS) is 12.4. The molecule has 0 amide bonds. The molecule has 106 valence electrons. The van der Waals surface area contributed by atoms with Crippen LogP contribution in [0.5, 0.6) is 0 Å². The molecular weight excluding hydrogens is 331 g/mol. The van der Waals surface area contributed by atoms with Crippen molar-refractivity contribution in [1.29, 1.82) is 0 Å². The molecule has 2 aromatic rings. The highest BCUT2D eigenvalue weighted by Gasteiger charge is 2.15. The van der Waals surface area contributed by atoms with Gasteiger partial charge in [-0.05, 0) is 43.3 Å². The van der Waals surface area contributed by atoms with Gasteiger partial charge >= 0.3 is 0 Å². The van der Waals surface area contributed by atoms with Crippen LogP contribution in [0.2, 0.25) is 0 Å². The summed E-state index contributed by atoms with van der Waals surface area (Å²) in [4.78, 5) is 0. The number of hydrogen-bond acceptors (Lipinski definition) is 1. The number of likely N-dealkylation sites (N-methyl/N-ethyl adjacent to an activating group) is 1. The average molecular weight is 344 g/mol. The molecule has 20 heavy (non-hydrogen) atoms. The van der Waals surface area contributed by atoms with Crippen LogP contribution in [-0.4, -0.2) is 7.05 Å². The smallest absolute Gasteiger partial charge is 0.129 e. The Morgan fingerprint density at radius 2 is 1.70 bits per heavy atom. The Labute approximate surface area is 123 Å². The molecule has 0 aliphatic rings. The second-order valence-electron chi connectivity index (χ2n) is 4.49. The van der Waals surface area contributed by atoms with E-state index in [0.717, 1.165) is 6.07 Å². The molecule has 1 N–H and O–H groups in total. The van der Waals surface area contributed by atoms with E-state index in [0.29, 0.717) is 22.0 Å². The second-order valence-corrected chi connectivity index (χ2v) is 5.40. The van der Waals surface area contributed by atoms with Crippen LogP contribution in [0.3, 0.4) is 0 Å². The van der Waals surface area contributed by atoms with E-state index in [1.807, 2.05) is 0 Å². The Bertz CT molecular complexity index is 596. The zero-order valence-electron chi connectivity index (χ0n) is 10.8. The molecule has 5 heteroatoms. The van der Waals surface area contributed by atoms with Gasteiger partial charge in [-0.3, -0.25) is 0 Å². The number of rotatable bonds is 4. The highest BCUT2D eigenvalue weighted by molar-refractivity contribution is 9.10. The summed E-state index contributed by atoms with van der Waals surface area (Å²) in [7, 11) is 1.68. The fourth-order valence-electron chi connectivity index (χ4n) is 2.12. The predicted molar refractivity (Wildman–Crippen MR) is 76.0 cm³/mol. The van der Waals surface area contributed by atoms with Gasteiger partial charge in [0, 0.05) is 22.1 Å². The largest absolute Gasteiger partial charge is 0.313 e. The van der Waals surface area contributed by atoms with Crippen molar-refractivity contribution in [3.05, 3.63) is 69.4 Å². The molecular formula is C15H13BrF3N. The lowest BCUT2D eigenvalue weighted by molar-refractivity contribution is 0.528. The Morgan fingerprint density at radius 3 is 2.25 bits per heavy atom. The second kappa shape index (κ2) is 6.41. The number of halogens is 4. The predicted octanol–water partition coefficient (Wildman–Crippen LogP) is 4.37. The van der Waals surface area contributed by atoms with Crippen LogP contribution in [0.4, 0.5) is 13.2 Å². The molecule has 0 saturated heterocycles. The molecule has 1 atom stereocenters. The third-order valence-electron chi connectivity index (χ3n) is 3.05. The molecule has 2 aromatic carbocycles. The van der Waals surface area contributed by atoms with Crippen molar-refractivity contribution in [2.75, 3.05) is 7.05 Å². The molecule has 1 unspecified atom stereocenters. The van der Waals surface area contributed by atoms with Crippen LogP contribution in [0.1, 0.15) is 17.2 Å². The standard InChI is InChI=1S/C15H13BrF3N/c1-20-15(13-3-2-10(16)7-14(13)19)6-9-4-11(17)8-12(18)5-9/h2-5,7-8,15,20H,6H2,1H3. The first kappa shape index (κ1) is 15.1. The molecule has 0 heterocycles. The maximum Gasteiger partial charge on any atom is 0.129 e. The molecule has 0 spiro atoms. The van der Waals surface area contributed by atoms with E-state index in [9.17, 15) is 13.2 Å². The summed E-state index contributed by atoms with van der Waals surface area (Å²) in [6.45, 7) is 0. The lowest BCUT2D eigenvalue weighted by Gasteiger charge is -2.18. The molecule has 0 fully saturated rings. The van der Waals surface area contributed by atoms with E-state index in [1.54, 1.807) is 19.2 Å². The van der Waals surface area contributed by atoms with Crippen LogP contribution in [0.25, 0.3) is 0 Å². The fourth-order valence-corrected chi connectivity index (χ4v) is 2.45. The summed E-state index contributed by atoms with van der Waals surface area (Å²) in [6.07, 6.45) is 0.295. The SMILES string of the molecule is CNC(Cc1cc(F)cc(F)c1)c1ccc(Br)cc1F. The van der Waals surface area contributed by atoms with Crippen molar-refractivity contribution in [3.63, 3.8) is 0 Å². The highest BCUT2D eigenvalue weighted by atomic mass is 79.9. The molecule has 0 radical (unpaired) electrons. The van der Waals surface area contributed by atoms with E-state index in [4.69, 9.17) is 0 Å². The molecule has 0 aliphatic heterocycles. The van der Waals surface area contributed by atoms with Crippen molar-refractivity contribution in [1.82, 2.24) is 5.32 Å². The van der Waals surface area contributed by atoms with Crippen LogP contribution in [0.15, 0.2) is 40.9 Å². The van der Waals surface area contributed by atoms with Crippen molar-refractivity contribution in [2.24, 2.45) is 0 Å². The molecule has 0 saturated carbocycles. The summed E-state index contributed by atoms with van der Waals surface area (Å²) in [5, 5.41) is 2.97. The fraction of sp³-hybridized carbons (Fsp3) is 0.200. The average Bonchev–Trinajstić information content (AvgIpc) is 2.35. The van der Waals surface area contributed by atoms with Gasteiger partial charge in [-0.25, -0.2) is 13.2 Å². The first-order chi connectivity index (χ1) is 9.49. The monoisotopic (exact) mass is 343 g/mol. The van der Waals surface area contributed by atoms with Gasteiger partial charge < -0.3 is 5.32 Å². The van der Waals surface area contributed by atoms with Crippen molar-refractivity contribution in [2.45, 2.75) is 12.5 Å². The third kappa shape index (κ3) is 3.61. The van der Waals surface area contributed by atoms with Crippen LogP contribution in [0, 0.1) is 17.5 Å². The van der Waals surface area contributed by atoms with Crippen molar-refractivity contribution < 1.29 is 13.2 Å². The molecule has 0 aromatic heterocycles. The van der Waals surface area contributed by atoms with Gasteiger partial charge in [0.05, 0.1) is 0 Å². The van der Waals surface area contributed by atoms with E-state index >= 15 is 0 Å². The quantitative estimate of drug-likeness (QED) is 0.869. The van der Waals surface area contributed by atoms with Crippen molar-refractivity contribution in [3.8, 4) is 0 Å². The lowest BCUT2D eigenvalue weighted by Crippen LogP contribution is -2.20. The number of benzene rings is 2. The minimum atomic E-state index is -0.633. The van der Waals surface area contributed by atoms with Gasteiger partial charge in [0.1, 0.15) is 17.5 Å². The van der Waals surface area contributed by atoms with Gasteiger partial charge in [-0.1, -0.05) is 22.0 Å². The Morgan fingerprint density at radius 1 is 1.05 bits per heavy atom. The van der Waals surface area contributed by atoms with Crippen LogP contribution >= 0.6 is 15.9 Å². The zero-order valence-corrected chi connectivity index (χ0v) is 12.3. The maximum atomic E-state index is 13.9.